The first kappa shape index (κ1) is 17.1. The summed E-state index contributed by atoms with van der Waals surface area (Å²) in [4.78, 5) is 27.0. The Morgan fingerprint density at radius 1 is 1.28 bits per heavy atom. The second-order valence-corrected chi connectivity index (χ2v) is 6.45. The molecule has 1 aliphatic heterocycles. The molecule has 25 heavy (non-hydrogen) atoms. The molecule has 1 atom stereocenters. The molecule has 0 saturated carbocycles. The van der Waals surface area contributed by atoms with E-state index in [0.717, 1.165) is 0 Å². The Labute approximate surface area is 144 Å². The molecule has 1 aromatic carbocycles. The zero-order valence-electron chi connectivity index (χ0n) is 14.1. The molecule has 0 saturated heterocycles. The third kappa shape index (κ3) is 4.22. The molecule has 0 fully saturated rings. The predicted octanol–water partition coefficient (Wildman–Crippen LogP) is 2.79. The van der Waals surface area contributed by atoms with Gasteiger partial charge in [-0.15, -0.1) is 0 Å². The molecule has 2 aliphatic rings. The number of fused-ring (bicyclic) bond motifs is 2. The molecular weight excluding hydrogens is 322 g/mol. The number of nitrogens with zero attached hydrogens (tertiary/aromatic N) is 1. The smallest absolute Gasteiger partial charge is 0.182 e. The Balaban J connectivity index is 1.77. The fourth-order valence-electron chi connectivity index (χ4n) is 2.69. The van der Waals surface area contributed by atoms with Gasteiger partial charge in [0.15, 0.2) is 16.8 Å². The van der Waals surface area contributed by atoms with E-state index in [9.17, 15) is 14.7 Å². The van der Waals surface area contributed by atoms with Crippen molar-refractivity contribution in [3.8, 4) is 17.2 Å². The molecule has 6 nitrogen and oxygen atoms in total. The molecule has 0 aromatic heterocycles. The van der Waals surface area contributed by atoms with Crippen molar-refractivity contribution in [3.63, 3.8) is 0 Å². The highest BCUT2D eigenvalue weighted by molar-refractivity contribution is 5.77. The van der Waals surface area contributed by atoms with Crippen LogP contribution >= 0.6 is 0 Å². The number of carbonyl (C=O) groups is 1. The molecule has 0 radical (unpaired) electrons. The highest BCUT2D eigenvalue weighted by atomic mass is 16.5. The van der Waals surface area contributed by atoms with Gasteiger partial charge < -0.3 is 14.3 Å². The third-order valence-electron chi connectivity index (χ3n) is 3.86. The lowest BCUT2D eigenvalue weighted by molar-refractivity contribution is -0.121. The predicted molar refractivity (Wildman–Crippen MR) is 92.9 cm³/mol. The average molecular weight is 341 g/mol. The van der Waals surface area contributed by atoms with Crippen molar-refractivity contribution < 1.29 is 19.1 Å². The van der Waals surface area contributed by atoms with E-state index in [1.54, 1.807) is 31.2 Å². The third-order valence-corrected chi connectivity index (χ3v) is 3.86. The summed E-state index contributed by atoms with van der Waals surface area (Å²) in [5.74, 6) is 0.918. The van der Waals surface area contributed by atoms with Crippen molar-refractivity contribution in [2.45, 2.75) is 32.3 Å². The van der Waals surface area contributed by atoms with Gasteiger partial charge >= 0.3 is 0 Å². The van der Waals surface area contributed by atoms with Gasteiger partial charge in [0.25, 0.3) is 0 Å². The molecule has 0 spiro atoms. The van der Waals surface area contributed by atoms with E-state index in [4.69, 9.17) is 9.15 Å². The zero-order chi connectivity index (χ0) is 18.0. The SMILES string of the molecule is CC(=O)CC(C)(O)CCOc1ccc2nc3ccc(=O)cc-3oc2c1. The van der Waals surface area contributed by atoms with Crippen LogP contribution in [0.15, 0.2) is 45.6 Å². The number of aromatic nitrogens is 1. The van der Waals surface area contributed by atoms with Crippen molar-refractivity contribution in [1.29, 1.82) is 0 Å². The molecule has 1 N–H and O–H groups in total. The second-order valence-electron chi connectivity index (χ2n) is 6.45. The van der Waals surface area contributed by atoms with Crippen molar-refractivity contribution in [1.82, 2.24) is 4.98 Å². The van der Waals surface area contributed by atoms with Crippen LogP contribution in [0.1, 0.15) is 26.7 Å². The largest absolute Gasteiger partial charge is 0.493 e. The van der Waals surface area contributed by atoms with Gasteiger partial charge in [-0.1, -0.05) is 0 Å². The maximum Gasteiger partial charge on any atom is 0.182 e. The molecule has 1 aromatic rings. The van der Waals surface area contributed by atoms with Gasteiger partial charge in [-0.25, -0.2) is 4.98 Å². The zero-order valence-corrected chi connectivity index (χ0v) is 14.1. The number of benzene rings is 2. The van der Waals surface area contributed by atoms with E-state index in [-0.39, 0.29) is 24.2 Å². The summed E-state index contributed by atoms with van der Waals surface area (Å²) < 4.78 is 11.4. The van der Waals surface area contributed by atoms with Crippen LogP contribution in [0, 0.1) is 0 Å². The van der Waals surface area contributed by atoms with Crippen LogP contribution in [0.5, 0.6) is 5.75 Å². The number of aliphatic hydroxyl groups is 1. The van der Waals surface area contributed by atoms with Gasteiger partial charge in [0.2, 0.25) is 0 Å². The van der Waals surface area contributed by atoms with Crippen molar-refractivity contribution in [3.05, 3.63) is 46.6 Å². The number of ether oxygens (including phenoxy) is 1. The van der Waals surface area contributed by atoms with Crippen molar-refractivity contribution in [2.75, 3.05) is 6.61 Å². The summed E-state index contributed by atoms with van der Waals surface area (Å²) in [5, 5.41) is 10.1. The normalized spacial score (nSPS) is 13.7. The molecular formula is C19H19NO5. The summed E-state index contributed by atoms with van der Waals surface area (Å²) in [6, 6.07) is 9.70. The molecule has 130 valence electrons. The van der Waals surface area contributed by atoms with Crippen molar-refractivity contribution in [2.24, 2.45) is 0 Å². The first-order chi connectivity index (χ1) is 11.8. The Bertz CT molecular complexity index is 944. The number of ketones is 1. The standard InChI is InChI=1S/C19H19NO5/c1-12(21)11-19(2,23)7-8-24-14-4-6-16-18(10-14)25-17-9-13(22)3-5-15(17)20-16/h3-6,9-10,23H,7-8,11H2,1-2H3. The molecule has 0 amide bonds. The van der Waals surface area contributed by atoms with Crippen LogP contribution in [-0.4, -0.2) is 28.1 Å². The molecule has 1 heterocycles. The van der Waals surface area contributed by atoms with Crippen LogP contribution in [0.4, 0.5) is 0 Å². The van der Waals surface area contributed by atoms with Gasteiger partial charge in [-0.05, 0) is 38.1 Å². The maximum absolute atomic E-state index is 11.4. The first-order valence-electron chi connectivity index (χ1n) is 8.02. The minimum absolute atomic E-state index is 0.0646. The maximum atomic E-state index is 11.4. The second kappa shape index (κ2) is 6.64. The lowest BCUT2D eigenvalue weighted by atomic mass is 9.96. The molecule has 1 aliphatic carbocycles. The lowest BCUT2D eigenvalue weighted by Crippen LogP contribution is -2.29. The summed E-state index contributed by atoms with van der Waals surface area (Å²) in [7, 11) is 0. The van der Waals surface area contributed by atoms with Crippen molar-refractivity contribution >= 4 is 16.9 Å². The highest BCUT2D eigenvalue weighted by Gasteiger charge is 2.22. The summed E-state index contributed by atoms with van der Waals surface area (Å²) in [6.45, 7) is 3.33. The van der Waals surface area contributed by atoms with Gasteiger partial charge in [-0.3, -0.25) is 9.59 Å². The van der Waals surface area contributed by atoms with E-state index in [1.807, 2.05) is 0 Å². The number of Topliss-reactive ketones (excluding diaryl/α,β-unsaturated/α-hetero) is 1. The number of hydrogen-bond donors (Lipinski definition) is 1. The number of rotatable bonds is 6. The topological polar surface area (TPSA) is 89.6 Å². The lowest BCUT2D eigenvalue weighted by Gasteiger charge is -2.21. The van der Waals surface area contributed by atoms with Gasteiger partial charge in [0, 0.05) is 25.0 Å². The Morgan fingerprint density at radius 2 is 2.08 bits per heavy atom. The van der Waals surface area contributed by atoms with E-state index in [0.29, 0.717) is 34.7 Å². The van der Waals surface area contributed by atoms with Crippen LogP contribution in [0.25, 0.3) is 22.6 Å². The molecule has 0 bridgehead atoms. The fraction of sp³-hybridized carbons (Fsp3) is 0.316. The Morgan fingerprint density at radius 3 is 2.84 bits per heavy atom. The minimum atomic E-state index is -1.09. The van der Waals surface area contributed by atoms with E-state index >= 15 is 0 Å². The van der Waals surface area contributed by atoms with Gasteiger partial charge in [-0.2, -0.15) is 0 Å². The van der Waals surface area contributed by atoms with E-state index in [2.05, 4.69) is 4.98 Å². The molecule has 3 rings (SSSR count). The Hall–Kier alpha value is -2.73. The average Bonchev–Trinajstić information content (AvgIpc) is 2.51. The quantitative estimate of drug-likeness (QED) is 0.694. The van der Waals surface area contributed by atoms with Crippen LogP contribution in [0.3, 0.4) is 0 Å². The number of hydrogen-bond acceptors (Lipinski definition) is 6. The monoisotopic (exact) mass is 341 g/mol. The number of carbonyl (C=O) groups excluding carboxylic acids is 1. The highest BCUT2D eigenvalue weighted by Crippen LogP contribution is 2.26. The fourth-order valence-corrected chi connectivity index (χ4v) is 2.69. The van der Waals surface area contributed by atoms with Crippen LogP contribution in [-0.2, 0) is 4.79 Å². The van der Waals surface area contributed by atoms with Gasteiger partial charge in [0.05, 0.1) is 12.2 Å². The van der Waals surface area contributed by atoms with Crippen LogP contribution < -0.4 is 10.2 Å². The molecule has 6 heteroatoms. The minimum Gasteiger partial charge on any atom is -0.493 e. The molecule has 1 unspecified atom stereocenters. The van der Waals surface area contributed by atoms with E-state index in [1.165, 1.54) is 19.1 Å². The van der Waals surface area contributed by atoms with Gasteiger partial charge in [0.1, 0.15) is 22.7 Å². The summed E-state index contributed by atoms with van der Waals surface area (Å²) in [5.41, 5.74) is 0.543. The first-order valence-corrected chi connectivity index (χ1v) is 8.02. The van der Waals surface area contributed by atoms with Crippen LogP contribution in [0.2, 0.25) is 0 Å². The Kier molecular flexibility index (Phi) is 4.55. The van der Waals surface area contributed by atoms with E-state index < -0.39 is 5.60 Å². The summed E-state index contributed by atoms with van der Waals surface area (Å²) >= 11 is 0. The summed E-state index contributed by atoms with van der Waals surface area (Å²) in [6.07, 6.45) is 0.425.